The molecule has 0 saturated heterocycles. The Morgan fingerprint density at radius 3 is 2.38 bits per heavy atom. The van der Waals surface area contributed by atoms with Crippen molar-refractivity contribution in [2.45, 2.75) is 31.3 Å². The summed E-state index contributed by atoms with van der Waals surface area (Å²) in [7, 11) is 1.39. The van der Waals surface area contributed by atoms with Gasteiger partial charge in [-0.1, -0.05) is 48.5 Å². The summed E-state index contributed by atoms with van der Waals surface area (Å²) in [6.07, 6.45) is -2.75. The second kappa shape index (κ2) is 12.0. The lowest BCUT2D eigenvalue weighted by atomic mass is 10.0. The summed E-state index contributed by atoms with van der Waals surface area (Å²) in [6, 6.07) is 13.3. The number of amides is 3. The van der Waals surface area contributed by atoms with Gasteiger partial charge in [0.05, 0.1) is 23.5 Å². The van der Waals surface area contributed by atoms with Crippen molar-refractivity contribution < 1.29 is 29.4 Å². The van der Waals surface area contributed by atoms with E-state index in [4.69, 9.17) is 5.73 Å². The molecular formula is C25H29N5O6S. The van der Waals surface area contributed by atoms with E-state index in [9.17, 15) is 29.4 Å². The molecule has 3 unspecified atom stereocenters. The maximum absolute atomic E-state index is 13.9. The number of carboxylic acids is 1. The van der Waals surface area contributed by atoms with Gasteiger partial charge in [-0.15, -0.1) is 0 Å². The molecule has 0 bridgehead atoms. The molecule has 0 fully saturated rings. The molecule has 37 heavy (non-hydrogen) atoms. The number of benzene rings is 2. The number of para-hydroxylation sites is 1. The van der Waals surface area contributed by atoms with Gasteiger partial charge in [0.1, 0.15) is 6.54 Å². The molecule has 1 heterocycles. The summed E-state index contributed by atoms with van der Waals surface area (Å²) in [5.41, 5.74) is 7.85. The zero-order valence-electron chi connectivity index (χ0n) is 20.3. The number of nitrogens with two attached hydrogens (primary N) is 1. The second-order valence-corrected chi connectivity index (χ2v) is 8.89. The second-order valence-electron chi connectivity index (χ2n) is 8.52. The van der Waals surface area contributed by atoms with Crippen LogP contribution >= 0.6 is 12.6 Å². The molecular weight excluding hydrogens is 498 g/mol. The fourth-order valence-corrected chi connectivity index (χ4v) is 4.02. The first-order valence-electron chi connectivity index (χ1n) is 11.4. The van der Waals surface area contributed by atoms with Crippen LogP contribution in [0, 0.1) is 0 Å². The number of aliphatic hydroxyl groups excluding tert-OH is 1. The molecule has 0 aliphatic carbocycles. The van der Waals surface area contributed by atoms with E-state index in [2.05, 4.69) is 22.9 Å². The van der Waals surface area contributed by atoms with Gasteiger partial charge in [0, 0.05) is 23.9 Å². The van der Waals surface area contributed by atoms with Crippen molar-refractivity contribution in [2.75, 3.05) is 24.2 Å². The number of nitrogens with one attached hydrogen (secondary N) is 1. The summed E-state index contributed by atoms with van der Waals surface area (Å²) < 4.78 is 0. The average molecular weight is 528 g/mol. The number of carboxylic acid groups (broad SMARTS) is 1. The Morgan fingerprint density at radius 1 is 1.16 bits per heavy atom. The van der Waals surface area contributed by atoms with Gasteiger partial charge >= 0.3 is 5.97 Å². The third-order valence-corrected chi connectivity index (χ3v) is 6.22. The largest absolute Gasteiger partial charge is 0.480 e. The predicted octanol–water partition coefficient (Wildman–Crippen LogP) is -0.138. The summed E-state index contributed by atoms with van der Waals surface area (Å²) in [5.74, 6) is -3.47. The van der Waals surface area contributed by atoms with Crippen LogP contribution in [0.1, 0.15) is 18.1 Å². The molecule has 3 amide bonds. The maximum Gasteiger partial charge on any atom is 0.328 e. The van der Waals surface area contributed by atoms with Crippen molar-refractivity contribution in [1.82, 2.24) is 10.2 Å². The first-order chi connectivity index (χ1) is 17.6. The molecule has 0 spiro atoms. The van der Waals surface area contributed by atoms with Crippen LogP contribution in [0.4, 0.5) is 5.69 Å². The van der Waals surface area contributed by atoms with Crippen molar-refractivity contribution >= 4 is 47.7 Å². The Morgan fingerprint density at radius 2 is 1.78 bits per heavy atom. The summed E-state index contributed by atoms with van der Waals surface area (Å²) in [6.45, 7) is 0.647. The highest BCUT2D eigenvalue weighted by Gasteiger charge is 2.38. The number of likely N-dealkylation sites (N-methyl/N-ethyl adjacent to an activating group) is 1. The molecule has 12 heteroatoms. The topological polar surface area (TPSA) is 166 Å². The zero-order chi connectivity index (χ0) is 27.3. The third kappa shape index (κ3) is 6.16. The van der Waals surface area contributed by atoms with Gasteiger partial charge in [-0.25, -0.2) is 9.79 Å². The number of hydrogen-bond donors (Lipinski definition) is 5. The molecule has 1 aliphatic rings. The predicted molar refractivity (Wildman–Crippen MR) is 141 cm³/mol. The van der Waals surface area contributed by atoms with Gasteiger partial charge in [-0.05, 0) is 13.0 Å². The Kier molecular flexibility index (Phi) is 9.03. The molecule has 2 aromatic rings. The molecule has 2 aromatic carbocycles. The number of hydrogen-bond acceptors (Lipinski definition) is 8. The van der Waals surface area contributed by atoms with E-state index in [1.165, 1.54) is 14.0 Å². The highest BCUT2D eigenvalue weighted by molar-refractivity contribution is 7.80. The van der Waals surface area contributed by atoms with Crippen LogP contribution in [0.2, 0.25) is 0 Å². The summed E-state index contributed by atoms with van der Waals surface area (Å²) >= 11 is 4.08. The number of benzodiazepines with no additional fused rings is 1. The number of rotatable bonds is 9. The van der Waals surface area contributed by atoms with Crippen molar-refractivity contribution in [3.63, 3.8) is 0 Å². The number of thiol groups is 1. The Balaban J connectivity index is 2.11. The highest BCUT2D eigenvalue weighted by atomic mass is 32.1. The number of aliphatic imine (C=N–C) groups is 1. The van der Waals surface area contributed by atoms with Crippen LogP contribution in [0.3, 0.4) is 0 Å². The van der Waals surface area contributed by atoms with Crippen molar-refractivity contribution in [3.8, 4) is 0 Å². The number of fused-ring (bicyclic) bond motifs is 1. The lowest BCUT2D eigenvalue weighted by Crippen LogP contribution is -2.55. The van der Waals surface area contributed by atoms with Gasteiger partial charge in [0.25, 0.3) is 5.91 Å². The minimum atomic E-state index is -1.57. The standard InChI is InChI=1S/C25H29N5O6S/c1-14(31)20(25(35)36)27-19(32)12-30-18-11-7-6-10-16(18)21(15-8-4-3-5-9-15)28-22(24(30)34)29(2)23(33)17(26)13-37/h3-11,14,17,20,22,31,37H,12-13,26H2,1-2H3,(H,27,32)(H,35,36)/t14?,17?,20-,22?/m0/s1. The van der Waals surface area contributed by atoms with E-state index in [0.29, 0.717) is 22.5 Å². The quantitative estimate of drug-likeness (QED) is 0.283. The molecule has 196 valence electrons. The highest BCUT2D eigenvalue weighted by Crippen LogP contribution is 2.29. The number of carbonyl (C=O) groups excluding carboxylic acids is 3. The Labute approximate surface area is 219 Å². The lowest BCUT2D eigenvalue weighted by molar-refractivity contribution is -0.144. The number of aliphatic hydroxyl groups is 1. The smallest absolute Gasteiger partial charge is 0.328 e. The van der Waals surface area contributed by atoms with Crippen LogP contribution < -0.4 is 16.0 Å². The number of nitrogens with zero attached hydrogens (tertiary/aromatic N) is 3. The number of carbonyl (C=O) groups is 4. The van der Waals surface area contributed by atoms with Crippen molar-refractivity contribution in [2.24, 2.45) is 10.7 Å². The average Bonchev–Trinajstić information content (AvgIpc) is 3.01. The Hall–Kier alpha value is -3.74. The molecule has 0 saturated carbocycles. The van der Waals surface area contributed by atoms with Crippen LogP contribution in [0.5, 0.6) is 0 Å². The first-order valence-corrected chi connectivity index (χ1v) is 12.1. The minimum Gasteiger partial charge on any atom is -0.480 e. The van der Waals surface area contributed by atoms with Crippen LogP contribution in [0.15, 0.2) is 59.6 Å². The normalized spacial score (nSPS) is 17.5. The lowest BCUT2D eigenvalue weighted by Gasteiger charge is -2.30. The van der Waals surface area contributed by atoms with E-state index < -0.39 is 54.6 Å². The van der Waals surface area contributed by atoms with Crippen molar-refractivity contribution in [1.29, 1.82) is 0 Å². The molecule has 5 N–H and O–H groups in total. The maximum atomic E-state index is 13.9. The van der Waals surface area contributed by atoms with Crippen LogP contribution in [-0.2, 0) is 19.2 Å². The molecule has 3 rings (SSSR count). The molecule has 11 nitrogen and oxygen atoms in total. The Bertz CT molecular complexity index is 1210. The minimum absolute atomic E-state index is 0.0433. The van der Waals surface area contributed by atoms with Gasteiger partial charge in [0.2, 0.25) is 18.0 Å². The monoisotopic (exact) mass is 527 g/mol. The van der Waals surface area contributed by atoms with Gasteiger partial charge < -0.3 is 26.2 Å². The summed E-state index contributed by atoms with van der Waals surface area (Å²) in [4.78, 5) is 58.0. The molecule has 1 aliphatic heterocycles. The van der Waals surface area contributed by atoms with E-state index >= 15 is 0 Å². The van der Waals surface area contributed by atoms with Crippen LogP contribution in [-0.4, -0.2) is 88.2 Å². The third-order valence-electron chi connectivity index (χ3n) is 5.83. The van der Waals surface area contributed by atoms with Gasteiger partial charge in [-0.3, -0.25) is 19.3 Å². The van der Waals surface area contributed by atoms with E-state index in [-0.39, 0.29) is 5.75 Å². The number of anilines is 1. The fraction of sp³-hybridized carbons (Fsp3) is 0.320. The van der Waals surface area contributed by atoms with E-state index in [1.54, 1.807) is 48.5 Å². The SMILES string of the molecule is CC(O)[C@H](NC(=O)CN1C(=O)C(N(C)C(=O)C(N)CS)N=C(c2ccccc2)c2ccccc21)C(=O)O. The molecule has 4 atom stereocenters. The van der Waals surface area contributed by atoms with Gasteiger partial charge in [0.15, 0.2) is 6.04 Å². The van der Waals surface area contributed by atoms with Gasteiger partial charge in [-0.2, -0.15) is 12.6 Å². The van der Waals surface area contributed by atoms with E-state index in [0.717, 1.165) is 9.80 Å². The first kappa shape index (κ1) is 27.8. The fourth-order valence-electron chi connectivity index (χ4n) is 3.87. The van der Waals surface area contributed by atoms with E-state index in [1.807, 2.05) is 6.07 Å². The van der Waals surface area contributed by atoms with Crippen molar-refractivity contribution in [3.05, 3.63) is 65.7 Å². The molecule has 0 aromatic heterocycles. The summed E-state index contributed by atoms with van der Waals surface area (Å²) in [5, 5.41) is 21.3. The number of aliphatic carboxylic acids is 1. The molecule has 0 radical (unpaired) electrons. The zero-order valence-corrected chi connectivity index (χ0v) is 21.2. The van der Waals surface area contributed by atoms with Crippen LogP contribution in [0.25, 0.3) is 0 Å².